The van der Waals surface area contributed by atoms with Crippen LogP contribution in [0.4, 0.5) is 5.13 Å². The minimum atomic E-state index is -3.40. The van der Waals surface area contributed by atoms with Gasteiger partial charge < -0.3 is 10.3 Å². The Morgan fingerprint density at radius 1 is 1.43 bits per heavy atom. The van der Waals surface area contributed by atoms with E-state index in [1.165, 1.54) is 11.3 Å². The molecule has 3 N–H and O–H groups in total. The normalized spacial score (nSPS) is 11.7. The molecule has 0 bridgehead atoms. The number of hydrogen-bond donors (Lipinski definition) is 3. The number of carbonyl (C=O) groups is 1. The van der Waals surface area contributed by atoms with Gasteiger partial charge >= 0.3 is 0 Å². The lowest BCUT2D eigenvalue weighted by Crippen LogP contribution is -2.31. The van der Waals surface area contributed by atoms with E-state index in [2.05, 4.69) is 25.0 Å². The van der Waals surface area contributed by atoms with Gasteiger partial charge in [0.1, 0.15) is 5.65 Å². The van der Waals surface area contributed by atoms with Gasteiger partial charge in [0.05, 0.1) is 18.5 Å². The Balaban J connectivity index is 1.74. The van der Waals surface area contributed by atoms with E-state index in [9.17, 15) is 13.2 Å². The number of H-pyrrole nitrogens is 1. The third-order valence-electron chi connectivity index (χ3n) is 2.97. The molecule has 8 nitrogen and oxygen atoms in total. The monoisotopic (exact) mass is 351 g/mol. The molecule has 0 aliphatic rings. The van der Waals surface area contributed by atoms with E-state index < -0.39 is 15.9 Å². The molecular weight excluding hydrogens is 338 g/mol. The predicted octanol–water partition coefficient (Wildman–Crippen LogP) is 1.17. The van der Waals surface area contributed by atoms with Crippen molar-refractivity contribution in [1.82, 2.24) is 19.7 Å². The Hall–Kier alpha value is -2.30. The quantitative estimate of drug-likeness (QED) is 0.638. The summed E-state index contributed by atoms with van der Waals surface area (Å²) in [7, 11) is -3.40. The van der Waals surface area contributed by atoms with E-state index in [1.807, 2.05) is 23.7 Å². The summed E-state index contributed by atoms with van der Waals surface area (Å²) in [5.74, 6) is -0.475. The lowest BCUT2D eigenvalue weighted by Gasteiger charge is -2.02. The van der Waals surface area contributed by atoms with E-state index in [1.54, 1.807) is 6.20 Å². The third-order valence-corrected chi connectivity index (χ3v) is 4.40. The number of rotatable bonds is 5. The summed E-state index contributed by atoms with van der Waals surface area (Å²) in [4.78, 5) is 23.3. The average molecular weight is 351 g/mol. The Labute approximate surface area is 136 Å². The molecule has 0 spiro atoms. The van der Waals surface area contributed by atoms with Crippen LogP contribution in [0.15, 0.2) is 29.9 Å². The molecule has 0 saturated heterocycles. The Morgan fingerprint density at radius 2 is 2.26 bits per heavy atom. The SMILES string of the molecule is CS(=O)(=O)NCC(=O)Nc1nc(-c2c[nH]c3ncccc23)cs1. The first kappa shape index (κ1) is 15.6. The van der Waals surface area contributed by atoms with Crippen LogP contribution < -0.4 is 10.0 Å². The van der Waals surface area contributed by atoms with Crippen molar-refractivity contribution in [2.24, 2.45) is 0 Å². The number of hydrogen-bond acceptors (Lipinski definition) is 6. The highest BCUT2D eigenvalue weighted by Crippen LogP contribution is 2.30. The molecule has 0 atom stereocenters. The number of nitrogens with one attached hydrogen (secondary N) is 3. The number of aromatic nitrogens is 3. The maximum Gasteiger partial charge on any atom is 0.241 e. The summed E-state index contributed by atoms with van der Waals surface area (Å²) in [5.41, 5.74) is 2.36. The van der Waals surface area contributed by atoms with Gasteiger partial charge in [-0.25, -0.2) is 23.1 Å². The molecule has 120 valence electrons. The van der Waals surface area contributed by atoms with E-state index in [0.29, 0.717) is 10.8 Å². The summed E-state index contributed by atoms with van der Waals surface area (Å²) in [6.45, 7) is -0.329. The molecule has 3 aromatic rings. The molecule has 0 aliphatic heterocycles. The molecule has 0 fully saturated rings. The number of carbonyl (C=O) groups excluding carboxylic acids is 1. The fourth-order valence-electron chi connectivity index (χ4n) is 1.98. The zero-order valence-electron chi connectivity index (χ0n) is 12.0. The van der Waals surface area contributed by atoms with E-state index in [-0.39, 0.29) is 6.54 Å². The van der Waals surface area contributed by atoms with Crippen LogP contribution >= 0.6 is 11.3 Å². The molecule has 0 aromatic carbocycles. The Kier molecular flexibility index (Phi) is 4.11. The van der Waals surface area contributed by atoms with Crippen molar-refractivity contribution in [2.75, 3.05) is 18.1 Å². The fourth-order valence-corrected chi connectivity index (χ4v) is 3.10. The van der Waals surface area contributed by atoms with Gasteiger partial charge in [-0.1, -0.05) is 0 Å². The number of aromatic amines is 1. The van der Waals surface area contributed by atoms with E-state index >= 15 is 0 Å². The average Bonchev–Trinajstić information content (AvgIpc) is 3.10. The van der Waals surface area contributed by atoms with Crippen LogP contribution in [-0.4, -0.2) is 42.1 Å². The summed E-state index contributed by atoms with van der Waals surface area (Å²) < 4.78 is 24.0. The van der Waals surface area contributed by atoms with Crippen molar-refractivity contribution < 1.29 is 13.2 Å². The van der Waals surface area contributed by atoms with Crippen molar-refractivity contribution in [3.8, 4) is 11.3 Å². The number of anilines is 1. The number of nitrogens with zero attached hydrogens (tertiary/aromatic N) is 2. The van der Waals surface area contributed by atoms with Gasteiger partial charge in [-0.3, -0.25) is 4.79 Å². The van der Waals surface area contributed by atoms with Crippen molar-refractivity contribution in [1.29, 1.82) is 0 Å². The van der Waals surface area contributed by atoms with Gasteiger partial charge in [-0.2, -0.15) is 0 Å². The molecule has 10 heteroatoms. The van der Waals surface area contributed by atoms with Crippen LogP contribution in [0.1, 0.15) is 0 Å². The second-order valence-corrected chi connectivity index (χ2v) is 7.47. The maximum absolute atomic E-state index is 11.7. The largest absolute Gasteiger partial charge is 0.345 e. The molecule has 0 saturated carbocycles. The fraction of sp³-hybridized carbons (Fsp3) is 0.154. The lowest BCUT2D eigenvalue weighted by molar-refractivity contribution is -0.115. The first-order valence-electron chi connectivity index (χ1n) is 6.55. The van der Waals surface area contributed by atoms with Crippen molar-refractivity contribution >= 4 is 43.4 Å². The van der Waals surface area contributed by atoms with Gasteiger partial charge in [-0.15, -0.1) is 11.3 Å². The third kappa shape index (κ3) is 3.73. The predicted molar refractivity (Wildman–Crippen MR) is 88.7 cm³/mol. The minimum Gasteiger partial charge on any atom is -0.345 e. The van der Waals surface area contributed by atoms with Crippen LogP contribution in [0.3, 0.4) is 0 Å². The number of sulfonamides is 1. The zero-order chi connectivity index (χ0) is 16.4. The van der Waals surface area contributed by atoms with Crippen LogP contribution in [0.2, 0.25) is 0 Å². The van der Waals surface area contributed by atoms with Gasteiger partial charge in [-0.05, 0) is 12.1 Å². The van der Waals surface area contributed by atoms with Gasteiger partial charge in [0.25, 0.3) is 0 Å². The van der Waals surface area contributed by atoms with Crippen molar-refractivity contribution in [2.45, 2.75) is 0 Å². The molecule has 3 aromatic heterocycles. The molecule has 0 aliphatic carbocycles. The summed E-state index contributed by atoms with van der Waals surface area (Å²) in [6.07, 6.45) is 4.50. The van der Waals surface area contributed by atoms with Crippen LogP contribution in [0.25, 0.3) is 22.3 Å². The van der Waals surface area contributed by atoms with E-state index in [0.717, 1.165) is 22.9 Å². The van der Waals surface area contributed by atoms with Gasteiger partial charge in [0.2, 0.25) is 15.9 Å². The van der Waals surface area contributed by atoms with Crippen LogP contribution in [-0.2, 0) is 14.8 Å². The zero-order valence-corrected chi connectivity index (χ0v) is 13.7. The molecule has 1 amide bonds. The molecule has 3 rings (SSSR count). The number of pyridine rings is 1. The second kappa shape index (κ2) is 6.07. The van der Waals surface area contributed by atoms with Crippen LogP contribution in [0, 0.1) is 0 Å². The maximum atomic E-state index is 11.7. The van der Waals surface area contributed by atoms with E-state index in [4.69, 9.17) is 0 Å². The molecule has 3 heterocycles. The molecular formula is C13H13N5O3S2. The topological polar surface area (TPSA) is 117 Å². The van der Waals surface area contributed by atoms with Gasteiger partial charge in [0.15, 0.2) is 5.13 Å². The van der Waals surface area contributed by atoms with Gasteiger partial charge in [0, 0.05) is 28.7 Å². The smallest absolute Gasteiger partial charge is 0.241 e. The minimum absolute atomic E-state index is 0.329. The first-order chi connectivity index (χ1) is 10.9. The molecule has 23 heavy (non-hydrogen) atoms. The summed E-state index contributed by atoms with van der Waals surface area (Å²) in [6, 6.07) is 3.77. The lowest BCUT2D eigenvalue weighted by atomic mass is 10.2. The standard InChI is InChI=1S/C13H13N5O3S2/c1-23(20,21)16-6-11(19)18-13-17-10(7-22-13)9-5-15-12-8(9)3-2-4-14-12/h2-5,7,16H,6H2,1H3,(H,14,15)(H,17,18,19). The van der Waals surface area contributed by atoms with Crippen LogP contribution in [0.5, 0.6) is 0 Å². The van der Waals surface area contributed by atoms with Crippen molar-refractivity contribution in [3.05, 3.63) is 29.9 Å². The number of fused-ring (bicyclic) bond motifs is 1. The Bertz CT molecular complexity index is 961. The summed E-state index contributed by atoms with van der Waals surface area (Å²) >= 11 is 1.26. The Morgan fingerprint density at radius 3 is 3.04 bits per heavy atom. The first-order valence-corrected chi connectivity index (χ1v) is 9.32. The van der Waals surface area contributed by atoms with Crippen molar-refractivity contribution in [3.63, 3.8) is 0 Å². The highest BCUT2D eigenvalue weighted by atomic mass is 32.2. The highest BCUT2D eigenvalue weighted by Gasteiger charge is 2.12. The summed E-state index contributed by atoms with van der Waals surface area (Å²) in [5, 5.41) is 5.72. The number of amides is 1. The highest BCUT2D eigenvalue weighted by molar-refractivity contribution is 7.88. The molecule has 0 unspecified atom stereocenters. The number of thiazole rings is 1. The molecule has 0 radical (unpaired) electrons. The second-order valence-electron chi connectivity index (χ2n) is 4.78.